The van der Waals surface area contributed by atoms with Gasteiger partial charge >= 0.3 is 0 Å². The molecule has 0 fully saturated rings. The predicted octanol–water partition coefficient (Wildman–Crippen LogP) is 2.76. The van der Waals surface area contributed by atoms with Crippen LogP contribution in [0.1, 0.15) is 15.9 Å². The Kier molecular flexibility index (Phi) is 5.58. The molecule has 0 saturated heterocycles. The van der Waals surface area contributed by atoms with Gasteiger partial charge in [-0.15, -0.1) is 0 Å². The zero-order valence-corrected chi connectivity index (χ0v) is 16.3. The molecule has 0 spiro atoms. The summed E-state index contributed by atoms with van der Waals surface area (Å²) in [5.74, 6) is -0.162. The fourth-order valence-corrected chi connectivity index (χ4v) is 2.94. The third-order valence-corrected chi connectivity index (χ3v) is 4.32. The van der Waals surface area contributed by atoms with Gasteiger partial charge in [0.2, 0.25) is 24.0 Å². The minimum Gasteiger partial charge on any atom is -0.504 e. The molecule has 29 heavy (non-hydrogen) atoms. The summed E-state index contributed by atoms with van der Waals surface area (Å²) in [6.07, 6.45) is 2.52. The van der Waals surface area contributed by atoms with Crippen LogP contribution in [-0.4, -0.2) is 51.2 Å². The summed E-state index contributed by atoms with van der Waals surface area (Å²) in [5.41, 5.74) is 0.145. The molecule has 9 heteroatoms. The van der Waals surface area contributed by atoms with Gasteiger partial charge in [-0.3, -0.25) is 4.79 Å². The van der Waals surface area contributed by atoms with E-state index in [1.807, 2.05) is 0 Å². The fraction of sp³-hybridized carbons (Fsp3) is 0.250. The molecule has 2 aromatic carbocycles. The van der Waals surface area contributed by atoms with Crippen molar-refractivity contribution in [2.75, 3.05) is 35.2 Å². The first-order valence-corrected chi connectivity index (χ1v) is 8.40. The summed E-state index contributed by atoms with van der Waals surface area (Å²) in [7, 11) is 5.57. The number of benzene rings is 2. The molecule has 1 aliphatic heterocycles. The smallest absolute Gasteiger partial charge is 0.231 e. The Morgan fingerprint density at radius 3 is 2.24 bits per heavy atom. The van der Waals surface area contributed by atoms with Crippen LogP contribution in [0.2, 0.25) is 0 Å². The number of allylic oxidation sites excluding steroid dienone is 1. The van der Waals surface area contributed by atoms with Crippen LogP contribution in [0.4, 0.5) is 0 Å². The highest BCUT2D eigenvalue weighted by Crippen LogP contribution is 2.48. The quantitative estimate of drug-likeness (QED) is 0.531. The highest BCUT2D eigenvalue weighted by atomic mass is 16.7. The molecular formula is C20H20O9. The molecule has 3 rings (SSSR count). The standard InChI is InChI=1S/C20H20O9/c1-24-12-8-14-18(29-9-28-14)17(23)15(12)11(21)6-5-10-7-13(25-2)19(26-3)20(27-4)16(10)22/h5-8,22-23H,9H2,1-4H3. The van der Waals surface area contributed by atoms with Gasteiger partial charge in [0.25, 0.3) is 0 Å². The number of carbonyl (C=O) groups is 1. The van der Waals surface area contributed by atoms with Crippen molar-refractivity contribution >= 4 is 11.9 Å². The molecule has 2 N–H and O–H groups in total. The number of phenolic OH excluding ortho intramolecular Hbond substituents is 2. The van der Waals surface area contributed by atoms with E-state index >= 15 is 0 Å². The molecule has 0 amide bonds. The van der Waals surface area contributed by atoms with Crippen LogP contribution in [0.3, 0.4) is 0 Å². The van der Waals surface area contributed by atoms with Gasteiger partial charge in [-0.1, -0.05) is 0 Å². The molecule has 0 aromatic heterocycles. The number of fused-ring (bicyclic) bond motifs is 1. The lowest BCUT2D eigenvalue weighted by atomic mass is 10.0. The predicted molar refractivity (Wildman–Crippen MR) is 102 cm³/mol. The van der Waals surface area contributed by atoms with Gasteiger partial charge < -0.3 is 38.6 Å². The van der Waals surface area contributed by atoms with Crippen molar-refractivity contribution in [2.45, 2.75) is 0 Å². The van der Waals surface area contributed by atoms with E-state index in [1.54, 1.807) is 0 Å². The molecule has 0 unspecified atom stereocenters. The number of phenols is 2. The highest BCUT2D eigenvalue weighted by Gasteiger charge is 2.28. The van der Waals surface area contributed by atoms with Crippen molar-refractivity contribution in [1.82, 2.24) is 0 Å². The van der Waals surface area contributed by atoms with Gasteiger partial charge in [0.05, 0.1) is 28.4 Å². The van der Waals surface area contributed by atoms with E-state index in [4.69, 9.17) is 28.4 Å². The average Bonchev–Trinajstić information content (AvgIpc) is 3.20. The van der Waals surface area contributed by atoms with Crippen LogP contribution >= 0.6 is 0 Å². The van der Waals surface area contributed by atoms with E-state index < -0.39 is 5.78 Å². The first kappa shape index (κ1) is 20.0. The summed E-state index contributed by atoms with van der Waals surface area (Å²) >= 11 is 0. The zero-order chi connectivity index (χ0) is 21.1. The van der Waals surface area contributed by atoms with Gasteiger partial charge in [0.1, 0.15) is 11.3 Å². The molecule has 9 nitrogen and oxygen atoms in total. The van der Waals surface area contributed by atoms with Gasteiger partial charge in [-0.05, 0) is 18.2 Å². The minimum atomic E-state index is -0.578. The molecule has 1 heterocycles. The third-order valence-electron chi connectivity index (χ3n) is 4.32. The summed E-state index contributed by atoms with van der Waals surface area (Å²) < 4.78 is 31.2. The number of ketones is 1. The van der Waals surface area contributed by atoms with E-state index in [2.05, 4.69) is 0 Å². The monoisotopic (exact) mass is 404 g/mol. The normalized spacial score (nSPS) is 12.1. The Labute approximate surface area is 166 Å². The van der Waals surface area contributed by atoms with Crippen LogP contribution in [0, 0.1) is 0 Å². The van der Waals surface area contributed by atoms with E-state index in [9.17, 15) is 15.0 Å². The summed E-state index contributed by atoms with van der Waals surface area (Å²) in [6, 6.07) is 2.94. The van der Waals surface area contributed by atoms with Crippen LogP contribution in [0.15, 0.2) is 18.2 Å². The second-order valence-corrected chi connectivity index (χ2v) is 5.82. The SMILES string of the molecule is COc1cc(C=CC(=O)c2c(OC)cc3c(c2O)OCO3)c(O)c(OC)c1OC. The van der Waals surface area contributed by atoms with Gasteiger partial charge in [0.15, 0.2) is 28.8 Å². The number of rotatable bonds is 7. The number of ether oxygens (including phenoxy) is 6. The maximum atomic E-state index is 12.8. The minimum absolute atomic E-state index is 0.0578. The van der Waals surface area contributed by atoms with E-state index in [1.165, 1.54) is 52.7 Å². The first-order valence-electron chi connectivity index (χ1n) is 8.40. The molecule has 1 aliphatic rings. The molecule has 0 atom stereocenters. The third kappa shape index (κ3) is 3.42. The molecular weight excluding hydrogens is 384 g/mol. The Balaban J connectivity index is 2.03. The van der Waals surface area contributed by atoms with Gasteiger partial charge in [-0.2, -0.15) is 0 Å². The van der Waals surface area contributed by atoms with E-state index in [-0.39, 0.29) is 58.2 Å². The van der Waals surface area contributed by atoms with Gasteiger partial charge in [-0.25, -0.2) is 0 Å². The lowest BCUT2D eigenvalue weighted by molar-refractivity contribution is 0.104. The Bertz CT molecular complexity index is 979. The number of aromatic hydroxyl groups is 2. The molecule has 0 radical (unpaired) electrons. The van der Waals surface area contributed by atoms with Crippen molar-refractivity contribution in [3.05, 3.63) is 29.3 Å². The molecule has 2 aromatic rings. The Morgan fingerprint density at radius 2 is 1.62 bits per heavy atom. The molecule has 154 valence electrons. The van der Waals surface area contributed by atoms with Crippen LogP contribution < -0.4 is 28.4 Å². The second-order valence-electron chi connectivity index (χ2n) is 5.82. The average molecular weight is 404 g/mol. The molecule has 0 saturated carbocycles. The van der Waals surface area contributed by atoms with Crippen molar-refractivity contribution in [3.63, 3.8) is 0 Å². The summed E-state index contributed by atoms with van der Waals surface area (Å²) in [5, 5.41) is 20.9. The van der Waals surface area contributed by atoms with Crippen LogP contribution in [0.25, 0.3) is 6.08 Å². The number of methoxy groups -OCH3 is 4. The fourth-order valence-electron chi connectivity index (χ4n) is 2.94. The largest absolute Gasteiger partial charge is 0.504 e. The maximum Gasteiger partial charge on any atom is 0.231 e. The first-order chi connectivity index (χ1) is 14.0. The molecule has 0 aliphatic carbocycles. The maximum absolute atomic E-state index is 12.8. The number of hydrogen-bond donors (Lipinski definition) is 2. The summed E-state index contributed by atoms with van der Waals surface area (Å²) in [4.78, 5) is 12.8. The topological polar surface area (TPSA) is 113 Å². The lowest BCUT2D eigenvalue weighted by Crippen LogP contribution is -2.01. The van der Waals surface area contributed by atoms with Crippen LogP contribution in [0.5, 0.6) is 46.0 Å². The summed E-state index contributed by atoms with van der Waals surface area (Å²) in [6.45, 7) is -0.0706. The lowest BCUT2D eigenvalue weighted by Gasteiger charge is -2.15. The van der Waals surface area contributed by atoms with Crippen LogP contribution in [-0.2, 0) is 0 Å². The van der Waals surface area contributed by atoms with Gasteiger partial charge in [0, 0.05) is 11.6 Å². The van der Waals surface area contributed by atoms with Crippen molar-refractivity contribution < 1.29 is 43.4 Å². The zero-order valence-electron chi connectivity index (χ0n) is 16.3. The highest BCUT2D eigenvalue weighted by molar-refractivity contribution is 6.11. The second kappa shape index (κ2) is 8.09. The Hall–Kier alpha value is -3.75. The van der Waals surface area contributed by atoms with E-state index in [0.29, 0.717) is 5.75 Å². The number of carbonyl (C=O) groups excluding carboxylic acids is 1. The molecule has 0 bridgehead atoms. The van der Waals surface area contributed by atoms with Crippen molar-refractivity contribution in [1.29, 1.82) is 0 Å². The van der Waals surface area contributed by atoms with E-state index in [0.717, 1.165) is 0 Å². The van der Waals surface area contributed by atoms with Crippen molar-refractivity contribution in [3.8, 4) is 46.0 Å². The van der Waals surface area contributed by atoms with Crippen molar-refractivity contribution in [2.24, 2.45) is 0 Å². The Morgan fingerprint density at radius 1 is 0.931 bits per heavy atom. The number of hydrogen-bond acceptors (Lipinski definition) is 9.